The van der Waals surface area contributed by atoms with Gasteiger partial charge in [0.05, 0.1) is 11.4 Å². The molecule has 1 aromatic rings. The van der Waals surface area contributed by atoms with E-state index in [0.29, 0.717) is 10.7 Å². The Morgan fingerprint density at radius 2 is 2.13 bits per heavy atom. The van der Waals surface area contributed by atoms with Crippen LogP contribution in [0.4, 0.5) is 5.69 Å². The average molecular weight is 291 g/mol. The van der Waals surface area contributed by atoms with Gasteiger partial charge < -0.3 is 5.32 Å². The van der Waals surface area contributed by atoms with Gasteiger partial charge in [0, 0.05) is 10.2 Å². The lowest BCUT2D eigenvalue weighted by Gasteiger charge is -2.04. The molecule has 0 spiro atoms. The summed E-state index contributed by atoms with van der Waals surface area (Å²) in [6.45, 7) is 1.37. The Kier molecular flexibility index (Phi) is 4.29. The zero-order chi connectivity index (χ0) is 11.4. The Balaban J connectivity index is 2.69. The third-order valence-electron chi connectivity index (χ3n) is 1.61. The molecule has 5 heteroatoms. The van der Waals surface area contributed by atoms with Crippen molar-refractivity contribution in [1.82, 2.24) is 0 Å². The maximum Gasteiger partial charge on any atom is 0.231 e. The molecule has 0 atom stereocenters. The summed E-state index contributed by atoms with van der Waals surface area (Å²) in [5.41, 5.74) is 0.578. The molecule has 1 amide bonds. The molecule has 1 aromatic carbocycles. The van der Waals surface area contributed by atoms with Crippen LogP contribution in [0.2, 0.25) is 5.02 Å². The second-order valence-corrected chi connectivity index (χ2v) is 4.32. The number of carbonyl (C=O) groups is 2. The van der Waals surface area contributed by atoms with E-state index >= 15 is 0 Å². The minimum Gasteiger partial charge on any atom is -0.326 e. The molecule has 0 aromatic heterocycles. The van der Waals surface area contributed by atoms with E-state index in [1.807, 2.05) is 0 Å². The molecule has 0 unspecified atom stereocenters. The van der Waals surface area contributed by atoms with Crippen LogP contribution in [0, 0.1) is 0 Å². The minimum absolute atomic E-state index is 0.117. The van der Waals surface area contributed by atoms with Crippen LogP contribution in [0.5, 0.6) is 0 Å². The first-order chi connectivity index (χ1) is 6.99. The van der Waals surface area contributed by atoms with Crippen LogP contribution >= 0.6 is 27.5 Å². The summed E-state index contributed by atoms with van der Waals surface area (Å²) >= 11 is 9.08. The van der Waals surface area contributed by atoms with Crippen molar-refractivity contribution in [1.29, 1.82) is 0 Å². The number of Topliss-reactive ketones (excluding diaryl/α,β-unsaturated/α-hetero) is 1. The molecule has 0 saturated carbocycles. The maximum atomic E-state index is 11.2. The van der Waals surface area contributed by atoms with Gasteiger partial charge in [-0.3, -0.25) is 9.59 Å². The number of benzene rings is 1. The van der Waals surface area contributed by atoms with Crippen LogP contribution in [0.15, 0.2) is 22.7 Å². The summed E-state index contributed by atoms with van der Waals surface area (Å²) in [7, 11) is 0. The minimum atomic E-state index is -0.333. The number of halogens is 2. The summed E-state index contributed by atoms with van der Waals surface area (Å²) in [5, 5.41) is 3.09. The monoisotopic (exact) mass is 289 g/mol. The highest BCUT2D eigenvalue weighted by molar-refractivity contribution is 9.10. The van der Waals surface area contributed by atoms with Crippen LogP contribution < -0.4 is 5.32 Å². The molecule has 0 aliphatic rings. The van der Waals surface area contributed by atoms with Gasteiger partial charge in [-0.15, -0.1) is 0 Å². The van der Waals surface area contributed by atoms with Gasteiger partial charge in [-0.25, -0.2) is 0 Å². The molecular formula is C10H9BrClNO2. The van der Waals surface area contributed by atoms with Crippen molar-refractivity contribution in [2.75, 3.05) is 5.32 Å². The molecule has 1 N–H and O–H groups in total. The zero-order valence-corrected chi connectivity index (χ0v) is 10.4. The quantitative estimate of drug-likeness (QED) is 0.870. The van der Waals surface area contributed by atoms with Gasteiger partial charge in [-0.1, -0.05) is 11.6 Å². The highest BCUT2D eigenvalue weighted by Crippen LogP contribution is 2.25. The fourth-order valence-electron chi connectivity index (χ4n) is 1.01. The van der Waals surface area contributed by atoms with E-state index in [9.17, 15) is 9.59 Å². The molecule has 0 saturated heterocycles. The summed E-state index contributed by atoms with van der Waals surface area (Å²) < 4.78 is 0.758. The molecule has 0 fully saturated rings. The van der Waals surface area contributed by atoms with Crippen molar-refractivity contribution in [2.45, 2.75) is 13.3 Å². The number of anilines is 1. The molecule has 0 bridgehead atoms. The lowest BCUT2D eigenvalue weighted by atomic mass is 10.2. The average Bonchev–Trinajstić information content (AvgIpc) is 2.10. The van der Waals surface area contributed by atoms with Gasteiger partial charge >= 0.3 is 0 Å². The van der Waals surface area contributed by atoms with Crippen molar-refractivity contribution in [3.63, 3.8) is 0 Å². The van der Waals surface area contributed by atoms with Crippen LogP contribution in [-0.4, -0.2) is 11.7 Å². The van der Waals surface area contributed by atoms with E-state index in [-0.39, 0.29) is 18.1 Å². The predicted molar refractivity (Wildman–Crippen MR) is 63.1 cm³/mol. The van der Waals surface area contributed by atoms with Crippen LogP contribution in [0.3, 0.4) is 0 Å². The van der Waals surface area contributed by atoms with Gasteiger partial charge in [-0.2, -0.15) is 0 Å². The molecule has 0 radical (unpaired) electrons. The summed E-state index contributed by atoms with van der Waals surface area (Å²) in [6, 6.07) is 5.05. The maximum absolute atomic E-state index is 11.2. The number of ketones is 1. The van der Waals surface area contributed by atoms with E-state index in [1.54, 1.807) is 18.2 Å². The van der Waals surface area contributed by atoms with Gasteiger partial charge in [0.15, 0.2) is 0 Å². The first kappa shape index (κ1) is 12.2. The first-order valence-electron chi connectivity index (χ1n) is 4.23. The largest absolute Gasteiger partial charge is 0.326 e. The lowest BCUT2D eigenvalue weighted by molar-refractivity contribution is -0.124. The van der Waals surface area contributed by atoms with Crippen LogP contribution in [-0.2, 0) is 9.59 Å². The van der Waals surface area contributed by atoms with E-state index in [0.717, 1.165) is 4.47 Å². The number of carbonyl (C=O) groups excluding carboxylic acids is 2. The molecule has 80 valence electrons. The molecule has 0 aliphatic carbocycles. The van der Waals surface area contributed by atoms with Crippen molar-refractivity contribution < 1.29 is 9.59 Å². The van der Waals surface area contributed by atoms with Crippen LogP contribution in [0.1, 0.15) is 13.3 Å². The highest BCUT2D eigenvalue weighted by Gasteiger charge is 2.06. The Labute approximate surface area is 101 Å². The number of rotatable bonds is 3. The smallest absolute Gasteiger partial charge is 0.231 e. The Morgan fingerprint density at radius 3 is 2.67 bits per heavy atom. The molecular weight excluding hydrogens is 281 g/mol. The van der Waals surface area contributed by atoms with E-state index in [2.05, 4.69) is 21.2 Å². The number of amides is 1. The second-order valence-electron chi connectivity index (χ2n) is 3.06. The van der Waals surface area contributed by atoms with Gasteiger partial charge in [0.1, 0.15) is 5.78 Å². The molecule has 0 heterocycles. The van der Waals surface area contributed by atoms with Crippen molar-refractivity contribution >= 4 is 44.9 Å². The topological polar surface area (TPSA) is 46.2 Å². The van der Waals surface area contributed by atoms with Crippen molar-refractivity contribution in [2.24, 2.45) is 0 Å². The van der Waals surface area contributed by atoms with Crippen LogP contribution in [0.25, 0.3) is 0 Å². The van der Waals surface area contributed by atoms with E-state index in [4.69, 9.17) is 11.6 Å². The zero-order valence-electron chi connectivity index (χ0n) is 8.01. The summed E-state index contributed by atoms with van der Waals surface area (Å²) in [4.78, 5) is 21.9. The van der Waals surface area contributed by atoms with Gasteiger partial charge in [-0.05, 0) is 41.1 Å². The Bertz CT molecular complexity index is 406. The van der Waals surface area contributed by atoms with E-state index < -0.39 is 0 Å². The Morgan fingerprint density at radius 1 is 1.47 bits per heavy atom. The number of hydrogen-bond acceptors (Lipinski definition) is 2. The summed E-state index contributed by atoms with van der Waals surface area (Å²) in [5.74, 6) is -0.503. The number of hydrogen-bond donors (Lipinski definition) is 1. The fourth-order valence-corrected chi connectivity index (χ4v) is 1.43. The van der Waals surface area contributed by atoms with Gasteiger partial charge in [0.2, 0.25) is 5.91 Å². The summed E-state index contributed by atoms with van der Waals surface area (Å²) in [6.07, 6.45) is -0.117. The van der Waals surface area contributed by atoms with Crippen molar-refractivity contribution in [3.05, 3.63) is 27.7 Å². The number of nitrogens with one attached hydrogen (secondary N) is 1. The molecule has 15 heavy (non-hydrogen) atoms. The third kappa shape index (κ3) is 4.01. The molecule has 3 nitrogen and oxygen atoms in total. The van der Waals surface area contributed by atoms with E-state index in [1.165, 1.54) is 6.92 Å². The second kappa shape index (κ2) is 5.28. The standard InChI is InChI=1S/C10H9BrClNO2/c1-6(14)4-10(15)13-7-2-3-8(11)9(12)5-7/h2-3,5H,4H2,1H3,(H,13,15). The predicted octanol–water partition coefficient (Wildman–Crippen LogP) is 3.02. The fraction of sp³-hybridized carbons (Fsp3) is 0.200. The Hall–Kier alpha value is -0.870. The molecule has 1 rings (SSSR count). The van der Waals surface area contributed by atoms with Gasteiger partial charge in [0.25, 0.3) is 0 Å². The molecule has 0 aliphatic heterocycles. The SMILES string of the molecule is CC(=O)CC(=O)Nc1ccc(Br)c(Cl)c1. The normalized spacial score (nSPS) is 9.80. The lowest BCUT2D eigenvalue weighted by Crippen LogP contribution is -2.14. The highest BCUT2D eigenvalue weighted by atomic mass is 79.9. The first-order valence-corrected chi connectivity index (χ1v) is 5.40. The van der Waals surface area contributed by atoms with Crippen molar-refractivity contribution in [3.8, 4) is 0 Å². The third-order valence-corrected chi connectivity index (χ3v) is 2.85.